The summed E-state index contributed by atoms with van der Waals surface area (Å²) in [6.45, 7) is 0.700. The Labute approximate surface area is 76.7 Å². The second kappa shape index (κ2) is 3.09. The number of hydrogen-bond acceptors (Lipinski definition) is 3. The van der Waals surface area contributed by atoms with Crippen LogP contribution in [-0.2, 0) is 4.79 Å². The molecule has 0 radical (unpaired) electrons. The monoisotopic (exact) mass is 177 g/mol. The number of methoxy groups -OCH3 is 1. The molecule has 0 saturated heterocycles. The molecule has 0 aliphatic carbocycles. The first-order valence-corrected chi connectivity index (χ1v) is 4.22. The van der Waals surface area contributed by atoms with Gasteiger partial charge in [0.2, 0.25) is 0 Å². The van der Waals surface area contributed by atoms with Crippen LogP contribution < -0.4 is 10.1 Å². The second-order valence-electron chi connectivity index (χ2n) is 3.08. The topological polar surface area (TPSA) is 38.3 Å². The second-order valence-corrected chi connectivity index (χ2v) is 3.08. The highest BCUT2D eigenvalue weighted by molar-refractivity contribution is 5.74. The van der Waals surface area contributed by atoms with Crippen LogP contribution in [0.1, 0.15) is 11.5 Å². The van der Waals surface area contributed by atoms with Crippen LogP contribution in [-0.4, -0.2) is 19.9 Å². The van der Waals surface area contributed by atoms with Crippen molar-refractivity contribution >= 4 is 12.0 Å². The molecule has 0 amide bonds. The quantitative estimate of drug-likeness (QED) is 0.694. The summed E-state index contributed by atoms with van der Waals surface area (Å²) in [5, 5.41) is 3.17. The van der Waals surface area contributed by atoms with Crippen molar-refractivity contribution in [3.63, 3.8) is 0 Å². The van der Waals surface area contributed by atoms with E-state index >= 15 is 0 Å². The molecule has 0 fully saturated rings. The summed E-state index contributed by atoms with van der Waals surface area (Å²) in [5.41, 5.74) is 2.08. The van der Waals surface area contributed by atoms with Gasteiger partial charge in [-0.15, -0.1) is 0 Å². The van der Waals surface area contributed by atoms with E-state index < -0.39 is 0 Å². The maximum absolute atomic E-state index is 10.7. The van der Waals surface area contributed by atoms with Gasteiger partial charge in [0.05, 0.1) is 13.0 Å². The van der Waals surface area contributed by atoms with Gasteiger partial charge in [-0.1, -0.05) is 0 Å². The molecular weight excluding hydrogens is 166 g/mol. The van der Waals surface area contributed by atoms with Gasteiger partial charge in [-0.3, -0.25) is 0 Å². The van der Waals surface area contributed by atoms with Gasteiger partial charge in [0.1, 0.15) is 12.0 Å². The van der Waals surface area contributed by atoms with Gasteiger partial charge < -0.3 is 14.8 Å². The zero-order valence-corrected chi connectivity index (χ0v) is 7.41. The molecule has 1 atom stereocenters. The number of rotatable bonds is 2. The lowest BCUT2D eigenvalue weighted by Gasteiger charge is -2.04. The van der Waals surface area contributed by atoms with Gasteiger partial charge in [0.25, 0.3) is 0 Å². The number of hydrogen-bond donors (Lipinski definition) is 1. The Morgan fingerprint density at radius 3 is 3.15 bits per heavy atom. The Morgan fingerprint density at radius 1 is 1.62 bits per heavy atom. The third kappa shape index (κ3) is 1.26. The van der Waals surface area contributed by atoms with Gasteiger partial charge in [0.15, 0.2) is 0 Å². The molecule has 1 unspecified atom stereocenters. The van der Waals surface area contributed by atoms with Gasteiger partial charge in [0, 0.05) is 12.2 Å². The molecule has 0 spiro atoms. The molecule has 3 heteroatoms. The Morgan fingerprint density at radius 2 is 2.46 bits per heavy atom. The van der Waals surface area contributed by atoms with Crippen LogP contribution in [0.3, 0.4) is 0 Å². The predicted molar refractivity (Wildman–Crippen MR) is 50.3 cm³/mol. The van der Waals surface area contributed by atoms with E-state index in [-0.39, 0.29) is 5.92 Å². The van der Waals surface area contributed by atoms with Crippen LogP contribution in [0, 0.1) is 0 Å². The highest BCUT2D eigenvalue weighted by Gasteiger charge is 2.21. The van der Waals surface area contributed by atoms with Crippen molar-refractivity contribution in [2.24, 2.45) is 0 Å². The van der Waals surface area contributed by atoms with Crippen molar-refractivity contribution in [1.82, 2.24) is 0 Å². The number of anilines is 1. The fraction of sp³-hybridized carbons (Fsp3) is 0.300. The van der Waals surface area contributed by atoms with E-state index in [2.05, 4.69) is 5.32 Å². The summed E-state index contributed by atoms with van der Waals surface area (Å²) in [7, 11) is 1.63. The summed E-state index contributed by atoms with van der Waals surface area (Å²) >= 11 is 0. The lowest BCUT2D eigenvalue weighted by Crippen LogP contribution is -2.02. The molecule has 68 valence electrons. The van der Waals surface area contributed by atoms with Crippen molar-refractivity contribution in [3.05, 3.63) is 23.8 Å². The fourth-order valence-corrected chi connectivity index (χ4v) is 1.59. The minimum Gasteiger partial charge on any atom is -0.497 e. The number of nitrogens with one attached hydrogen (secondary N) is 1. The third-order valence-electron chi connectivity index (χ3n) is 2.33. The molecule has 2 rings (SSSR count). The first kappa shape index (κ1) is 8.10. The number of carbonyl (C=O) groups excluding carboxylic acids is 1. The van der Waals surface area contributed by atoms with Gasteiger partial charge in [-0.2, -0.15) is 0 Å². The maximum atomic E-state index is 10.7. The van der Waals surface area contributed by atoms with E-state index in [1.807, 2.05) is 18.2 Å². The summed E-state index contributed by atoms with van der Waals surface area (Å²) < 4.78 is 5.09. The van der Waals surface area contributed by atoms with Crippen LogP contribution in [0.15, 0.2) is 18.2 Å². The van der Waals surface area contributed by atoms with E-state index in [1.54, 1.807) is 7.11 Å². The average Bonchev–Trinajstić information content (AvgIpc) is 2.59. The summed E-state index contributed by atoms with van der Waals surface area (Å²) in [6, 6.07) is 5.74. The molecule has 0 bridgehead atoms. The number of carbonyl (C=O) groups is 1. The minimum absolute atomic E-state index is 0.0231. The Balaban J connectivity index is 2.42. The van der Waals surface area contributed by atoms with Gasteiger partial charge in [-0.05, 0) is 23.8 Å². The first-order chi connectivity index (χ1) is 6.35. The average molecular weight is 177 g/mol. The molecule has 0 aromatic heterocycles. The molecule has 1 aliphatic rings. The first-order valence-electron chi connectivity index (χ1n) is 4.22. The molecule has 1 heterocycles. The Kier molecular flexibility index (Phi) is 1.93. The van der Waals surface area contributed by atoms with E-state index in [1.165, 1.54) is 0 Å². The lowest BCUT2D eigenvalue weighted by molar-refractivity contribution is -0.108. The molecule has 0 saturated carbocycles. The molecule has 1 N–H and O–H groups in total. The van der Waals surface area contributed by atoms with Crippen molar-refractivity contribution in [1.29, 1.82) is 0 Å². The molecule has 1 aliphatic heterocycles. The number of benzene rings is 1. The zero-order valence-electron chi connectivity index (χ0n) is 7.41. The van der Waals surface area contributed by atoms with Crippen molar-refractivity contribution in [2.45, 2.75) is 5.92 Å². The van der Waals surface area contributed by atoms with Crippen LogP contribution in [0.5, 0.6) is 5.75 Å². The molecule has 13 heavy (non-hydrogen) atoms. The van der Waals surface area contributed by atoms with Crippen LogP contribution in [0.4, 0.5) is 5.69 Å². The summed E-state index contributed by atoms with van der Waals surface area (Å²) in [6.07, 6.45) is 0.971. The predicted octanol–water partition coefficient (Wildman–Crippen LogP) is 1.40. The minimum atomic E-state index is -0.0231. The van der Waals surface area contributed by atoms with E-state index in [4.69, 9.17) is 4.74 Å². The number of aldehydes is 1. The normalized spacial score (nSPS) is 19.0. The Bertz CT molecular complexity index is 336. The van der Waals surface area contributed by atoms with E-state index in [0.717, 1.165) is 23.3 Å². The van der Waals surface area contributed by atoms with Crippen LogP contribution >= 0.6 is 0 Å². The SMILES string of the molecule is COc1ccc2c(c1)C(C=O)CN2. The smallest absolute Gasteiger partial charge is 0.129 e. The highest BCUT2D eigenvalue weighted by Crippen LogP contribution is 2.32. The molecule has 1 aromatic rings. The van der Waals surface area contributed by atoms with E-state index in [9.17, 15) is 4.79 Å². The van der Waals surface area contributed by atoms with Gasteiger partial charge in [-0.25, -0.2) is 0 Å². The largest absolute Gasteiger partial charge is 0.497 e. The Hall–Kier alpha value is -1.51. The van der Waals surface area contributed by atoms with Crippen molar-refractivity contribution < 1.29 is 9.53 Å². The standard InChI is InChI=1S/C10H11NO2/c1-13-8-2-3-10-9(4-8)7(6-12)5-11-10/h2-4,6-7,11H,5H2,1H3. The third-order valence-corrected chi connectivity index (χ3v) is 2.33. The van der Waals surface area contributed by atoms with E-state index in [0.29, 0.717) is 6.54 Å². The van der Waals surface area contributed by atoms with Crippen molar-refractivity contribution in [3.8, 4) is 5.75 Å². The van der Waals surface area contributed by atoms with Crippen LogP contribution in [0.25, 0.3) is 0 Å². The van der Waals surface area contributed by atoms with Crippen LogP contribution in [0.2, 0.25) is 0 Å². The molecule has 3 nitrogen and oxygen atoms in total. The molecular formula is C10H11NO2. The molecule has 1 aromatic carbocycles. The summed E-state index contributed by atoms with van der Waals surface area (Å²) in [4.78, 5) is 10.7. The fourth-order valence-electron chi connectivity index (χ4n) is 1.59. The van der Waals surface area contributed by atoms with Gasteiger partial charge >= 0.3 is 0 Å². The maximum Gasteiger partial charge on any atom is 0.129 e. The number of ether oxygens (including phenoxy) is 1. The number of fused-ring (bicyclic) bond motifs is 1. The van der Waals surface area contributed by atoms with Crippen molar-refractivity contribution in [2.75, 3.05) is 19.0 Å². The highest BCUT2D eigenvalue weighted by atomic mass is 16.5. The lowest BCUT2D eigenvalue weighted by atomic mass is 10.0. The summed E-state index contributed by atoms with van der Waals surface area (Å²) in [5.74, 6) is 0.777. The zero-order chi connectivity index (χ0) is 9.26.